The van der Waals surface area contributed by atoms with Gasteiger partial charge in [0.2, 0.25) is 15.9 Å². The summed E-state index contributed by atoms with van der Waals surface area (Å²) >= 11 is 6.03. The summed E-state index contributed by atoms with van der Waals surface area (Å²) in [6.45, 7) is 6.80. The van der Waals surface area contributed by atoms with Gasteiger partial charge < -0.3 is 14.9 Å². The molecule has 2 aliphatic heterocycles. The number of carboxylic acid groups (broad SMARTS) is 1. The van der Waals surface area contributed by atoms with E-state index in [9.17, 15) is 23.1 Å². The molecule has 2 heterocycles. The summed E-state index contributed by atoms with van der Waals surface area (Å²) in [5.74, 6) is -0.309. The maximum atomic E-state index is 13.3. The summed E-state index contributed by atoms with van der Waals surface area (Å²) in [6, 6.07) is 14.5. The van der Waals surface area contributed by atoms with Crippen LogP contribution in [0.25, 0.3) is 10.8 Å². The lowest BCUT2D eigenvalue weighted by Crippen LogP contribution is -2.45. The number of sulfonamides is 1. The van der Waals surface area contributed by atoms with E-state index in [-0.39, 0.29) is 22.3 Å². The lowest BCUT2D eigenvalue weighted by Gasteiger charge is -2.43. The molecular weight excluding hydrogens is 526 g/mol. The van der Waals surface area contributed by atoms with Crippen LogP contribution in [0.2, 0.25) is 5.02 Å². The van der Waals surface area contributed by atoms with Crippen molar-refractivity contribution in [2.24, 2.45) is 5.41 Å². The van der Waals surface area contributed by atoms with Gasteiger partial charge in [0, 0.05) is 23.8 Å². The zero-order chi connectivity index (χ0) is 27.4. The van der Waals surface area contributed by atoms with E-state index < -0.39 is 22.2 Å². The monoisotopic (exact) mass is 555 g/mol. The fourth-order valence-electron chi connectivity index (χ4n) is 5.58. The fourth-order valence-corrected chi connectivity index (χ4v) is 7.02. The predicted octanol–water partition coefficient (Wildman–Crippen LogP) is 5.20. The van der Waals surface area contributed by atoms with E-state index >= 15 is 0 Å². The second-order valence-corrected chi connectivity index (χ2v) is 13.1. The average molecular weight is 556 g/mol. The van der Waals surface area contributed by atoms with Gasteiger partial charge in [0.05, 0.1) is 10.9 Å². The minimum Gasteiger partial charge on any atom is -0.465 e. The molecular formula is C28H30ClN3O5S. The molecule has 10 heteroatoms. The first-order valence-corrected chi connectivity index (χ1v) is 14.4. The van der Waals surface area contributed by atoms with Crippen LogP contribution in [0.5, 0.6) is 0 Å². The number of hydrogen-bond donors (Lipinski definition) is 2. The molecule has 1 fully saturated rings. The van der Waals surface area contributed by atoms with Crippen molar-refractivity contribution in [3.63, 3.8) is 0 Å². The van der Waals surface area contributed by atoms with E-state index in [0.717, 1.165) is 21.9 Å². The predicted molar refractivity (Wildman–Crippen MR) is 147 cm³/mol. The first kappa shape index (κ1) is 26.5. The zero-order valence-electron chi connectivity index (χ0n) is 21.4. The van der Waals surface area contributed by atoms with Gasteiger partial charge in [-0.1, -0.05) is 50.6 Å². The van der Waals surface area contributed by atoms with Gasteiger partial charge in [-0.25, -0.2) is 13.2 Å². The topological polar surface area (TPSA) is 107 Å². The molecule has 2 atom stereocenters. The van der Waals surface area contributed by atoms with Gasteiger partial charge in [-0.2, -0.15) is 4.72 Å². The Morgan fingerprint density at radius 2 is 1.74 bits per heavy atom. The minimum atomic E-state index is -3.93. The summed E-state index contributed by atoms with van der Waals surface area (Å²) < 4.78 is 28.9. The van der Waals surface area contributed by atoms with Crippen molar-refractivity contribution in [2.45, 2.75) is 50.6 Å². The third-order valence-electron chi connectivity index (χ3n) is 7.32. The number of anilines is 1. The van der Waals surface area contributed by atoms with E-state index in [1.54, 1.807) is 35.2 Å². The molecule has 200 valence electrons. The third kappa shape index (κ3) is 4.86. The molecule has 0 aliphatic carbocycles. The number of halogens is 1. The van der Waals surface area contributed by atoms with Gasteiger partial charge in [0.1, 0.15) is 6.04 Å². The van der Waals surface area contributed by atoms with E-state index in [1.165, 1.54) is 11.0 Å². The SMILES string of the molecule is CC(C)(C)C1c2ccc(N3CC[C@H](NS(=O)(=O)c4ccc5cc(Cl)ccc5c4)C3=O)cc2CCN1C(=O)O. The van der Waals surface area contributed by atoms with Crippen molar-refractivity contribution in [3.8, 4) is 0 Å². The lowest BCUT2D eigenvalue weighted by atomic mass is 9.77. The van der Waals surface area contributed by atoms with E-state index in [1.807, 2.05) is 39.0 Å². The van der Waals surface area contributed by atoms with Gasteiger partial charge in [-0.05, 0) is 76.6 Å². The summed E-state index contributed by atoms with van der Waals surface area (Å²) in [7, 11) is -3.93. The van der Waals surface area contributed by atoms with Crippen LogP contribution < -0.4 is 9.62 Å². The van der Waals surface area contributed by atoms with Crippen molar-refractivity contribution in [1.82, 2.24) is 9.62 Å². The van der Waals surface area contributed by atoms with Crippen LogP contribution in [0, 0.1) is 5.41 Å². The Morgan fingerprint density at radius 1 is 1.03 bits per heavy atom. The number of rotatable bonds is 4. The Hall–Kier alpha value is -3.14. The van der Waals surface area contributed by atoms with Gasteiger partial charge >= 0.3 is 6.09 Å². The number of nitrogens with zero attached hydrogens (tertiary/aromatic N) is 2. The number of amides is 2. The molecule has 0 saturated carbocycles. The average Bonchev–Trinajstić information content (AvgIpc) is 3.20. The van der Waals surface area contributed by atoms with Crippen LogP contribution in [0.4, 0.5) is 10.5 Å². The first-order chi connectivity index (χ1) is 17.8. The number of nitrogens with one attached hydrogen (secondary N) is 1. The molecule has 0 bridgehead atoms. The highest BCUT2D eigenvalue weighted by Gasteiger charge is 2.40. The Labute approximate surface area is 227 Å². The maximum Gasteiger partial charge on any atom is 0.407 e. The molecule has 2 aliphatic rings. The number of benzene rings is 3. The number of carbonyl (C=O) groups is 2. The summed E-state index contributed by atoms with van der Waals surface area (Å²) in [5, 5.41) is 11.9. The molecule has 8 nitrogen and oxygen atoms in total. The molecule has 5 rings (SSSR count). The molecule has 3 aromatic carbocycles. The summed E-state index contributed by atoms with van der Waals surface area (Å²) in [6.07, 6.45) is -0.0528. The molecule has 0 aromatic heterocycles. The standard InChI is InChI=1S/C28H30ClN3O5S/c1-28(2,3)25-23-9-7-21(15-19(23)10-12-32(25)27(34)35)31-13-11-24(26(31)33)30-38(36,37)22-8-5-17-14-20(29)6-4-18(17)16-22/h4-9,14-16,24-25,30H,10-13H2,1-3H3,(H,34,35)/t24-,25?/m0/s1. The summed E-state index contributed by atoms with van der Waals surface area (Å²) in [5.41, 5.74) is 2.33. The third-order valence-corrected chi connectivity index (χ3v) is 9.02. The highest BCUT2D eigenvalue weighted by Crippen LogP contribution is 2.43. The molecule has 0 radical (unpaired) electrons. The van der Waals surface area contributed by atoms with E-state index in [4.69, 9.17) is 11.6 Å². The van der Waals surface area contributed by atoms with Crippen LogP contribution >= 0.6 is 11.6 Å². The van der Waals surface area contributed by atoms with Crippen molar-refractivity contribution >= 4 is 50.1 Å². The molecule has 3 aromatic rings. The normalized spacial score (nSPS) is 20.2. The van der Waals surface area contributed by atoms with Gasteiger partial charge in [0.25, 0.3) is 0 Å². The Balaban J connectivity index is 1.36. The number of hydrogen-bond acceptors (Lipinski definition) is 4. The number of fused-ring (bicyclic) bond motifs is 2. The van der Waals surface area contributed by atoms with Crippen molar-refractivity contribution in [3.05, 3.63) is 70.7 Å². The molecule has 38 heavy (non-hydrogen) atoms. The fraction of sp³-hybridized carbons (Fsp3) is 0.357. The Kier molecular flexibility index (Phi) is 6.65. The Morgan fingerprint density at radius 3 is 2.45 bits per heavy atom. The molecule has 2 amide bonds. The van der Waals surface area contributed by atoms with Crippen molar-refractivity contribution in [1.29, 1.82) is 0 Å². The molecule has 2 N–H and O–H groups in total. The van der Waals surface area contributed by atoms with Crippen LogP contribution in [-0.2, 0) is 21.2 Å². The van der Waals surface area contributed by atoms with E-state index in [2.05, 4.69) is 4.72 Å². The zero-order valence-corrected chi connectivity index (χ0v) is 23.0. The minimum absolute atomic E-state index is 0.0866. The highest BCUT2D eigenvalue weighted by molar-refractivity contribution is 7.89. The largest absolute Gasteiger partial charge is 0.465 e. The van der Waals surface area contributed by atoms with Gasteiger partial charge in [-0.15, -0.1) is 0 Å². The summed E-state index contributed by atoms with van der Waals surface area (Å²) in [4.78, 5) is 28.3. The smallest absolute Gasteiger partial charge is 0.407 e. The van der Waals surface area contributed by atoms with Gasteiger partial charge in [-0.3, -0.25) is 4.79 Å². The van der Waals surface area contributed by atoms with Crippen LogP contribution in [0.3, 0.4) is 0 Å². The maximum absolute atomic E-state index is 13.3. The Bertz CT molecular complexity index is 1550. The first-order valence-electron chi connectivity index (χ1n) is 12.5. The molecule has 1 saturated heterocycles. The van der Waals surface area contributed by atoms with E-state index in [0.29, 0.717) is 36.6 Å². The molecule has 0 spiro atoms. The second-order valence-electron chi connectivity index (χ2n) is 11.0. The second kappa shape index (κ2) is 9.55. The van der Waals surface area contributed by atoms with Crippen LogP contribution in [-0.4, -0.2) is 49.6 Å². The van der Waals surface area contributed by atoms with Crippen LogP contribution in [0.1, 0.15) is 44.4 Å². The lowest BCUT2D eigenvalue weighted by molar-refractivity contribution is -0.118. The highest BCUT2D eigenvalue weighted by atomic mass is 35.5. The molecule has 1 unspecified atom stereocenters. The van der Waals surface area contributed by atoms with Crippen molar-refractivity contribution < 1.29 is 23.1 Å². The quantitative estimate of drug-likeness (QED) is 0.460. The van der Waals surface area contributed by atoms with Crippen molar-refractivity contribution in [2.75, 3.05) is 18.0 Å². The van der Waals surface area contributed by atoms with Crippen LogP contribution in [0.15, 0.2) is 59.5 Å². The number of carbonyl (C=O) groups excluding carboxylic acids is 1. The van der Waals surface area contributed by atoms with Gasteiger partial charge in [0.15, 0.2) is 0 Å².